The number of H-pyrrole nitrogens is 1. The van der Waals surface area contributed by atoms with Crippen LogP contribution in [0.5, 0.6) is 5.88 Å². The van der Waals surface area contributed by atoms with E-state index in [1.54, 1.807) is 0 Å². The molecule has 0 spiro atoms. The maximum absolute atomic E-state index is 5.04. The number of nitrogens with one attached hydrogen (secondary N) is 2. The highest BCUT2D eigenvalue weighted by atomic mass is 16.6. The Morgan fingerprint density at radius 1 is 1.53 bits per heavy atom. The van der Waals surface area contributed by atoms with E-state index in [9.17, 15) is 0 Å². The zero-order valence-electron chi connectivity index (χ0n) is 7.81. The van der Waals surface area contributed by atoms with Crippen molar-refractivity contribution in [2.24, 2.45) is 0 Å². The molecular formula is C8H7N5O2. The van der Waals surface area contributed by atoms with Crippen LogP contribution in [0.1, 0.15) is 0 Å². The molecule has 0 fully saturated rings. The highest BCUT2D eigenvalue weighted by Crippen LogP contribution is 2.19. The van der Waals surface area contributed by atoms with Crippen molar-refractivity contribution >= 4 is 17.1 Å². The molecule has 0 saturated heterocycles. The first-order valence-electron chi connectivity index (χ1n) is 3.97. The van der Waals surface area contributed by atoms with Crippen molar-refractivity contribution in [2.45, 2.75) is 0 Å². The molecule has 0 unspecified atom stereocenters. The van der Waals surface area contributed by atoms with Gasteiger partial charge in [-0.2, -0.15) is 15.4 Å². The molecule has 15 heavy (non-hydrogen) atoms. The van der Waals surface area contributed by atoms with Crippen molar-refractivity contribution in [3.05, 3.63) is 6.33 Å². The summed E-state index contributed by atoms with van der Waals surface area (Å²) in [7, 11) is 1.49. The third-order valence-corrected chi connectivity index (χ3v) is 1.65. The number of terminal acetylenes is 1. The highest BCUT2D eigenvalue weighted by molar-refractivity contribution is 5.76. The quantitative estimate of drug-likeness (QED) is 0.553. The van der Waals surface area contributed by atoms with Gasteiger partial charge in [0.15, 0.2) is 5.65 Å². The Labute approximate surface area is 84.8 Å². The minimum atomic E-state index is 0.185. The lowest BCUT2D eigenvalue weighted by atomic mass is 10.5. The molecule has 2 rings (SSSR count). The summed E-state index contributed by atoms with van der Waals surface area (Å²) in [5.41, 5.74) is 3.44. The number of ether oxygens (including phenoxy) is 1. The molecule has 2 heterocycles. The van der Waals surface area contributed by atoms with Gasteiger partial charge in [0.25, 0.3) is 5.95 Å². The number of anilines is 1. The van der Waals surface area contributed by atoms with Gasteiger partial charge >= 0.3 is 0 Å². The number of rotatable bonds is 3. The van der Waals surface area contributed by atoms with Gasteiger partial charge in [-0.1, -0.05) is 6.42 Å². The number of imidazole rings is 1. The van der Waals surface area contributed by atoms with Gasteiger partial charge in [0.2, 0.25) is 5.88 Å². The van der Waals surface area contributed by atoms with Gasteiger partial charge in [-0.15, -0.1) is 0 Å². The fourth-order valence-electron chi connectivity index (χ4n) is 1.08. The number of aromatic amines is 1. The molecule has 0 radical (unpaired) electrons. The average Bonchev–Trinajstić information content (AvgIpc) is 2.73. The first-order chi connectivity index (χ1) is 7.35. The molecule has 2 aromatic heterocycles. The van der Waals surface area contributed by atoms with Crippen LogP contribution in [0.15, 0.2) is 6.33 Å². The lowest BCUT2D eigenvalue weighted by Gasteiger charge is -2.03. The molecule has 0 aromatic carbocycles. The average molecular weight is 205 g/mol. The SMILES string of the molecule is C#CONc1nc(OC)c2[nH]cnc2n1. The number of aromatic nitrogens is 4. The van der Waals surface area contributed by atoms with Crippen molar-refractivity contribution in [3.8, 4) is 18.4 Å². The van der Waals surface area contributed by atoms with E-state index in [0.717, 1.165) is 0 Å². The molecule has 2 N–H and O–H groups in total. The maximum Gasteiger partial charge on any atom is 0.262 e. The van der Waals surface area contributed by atoms with E-state index in [0.29, 0.717) is 17.0 Å². The van der Waals surface area contributed by atoms with Gasteiger partial charge in [0.05, 0.1) is 13.4 Å². The molecule has 0 bridgehead atoms. The van der Waals surface area contributed by atoms with Crippen LogP contribution in [0.4, 0.5) is 5.95 Å². The third-order valence-electron chi connectivity index (χ3n) is 1.65. The summed E-state index contributed by atoms with van der Waals surface area (Å²) < 4.78 is 5.04. The molecule has 0 saturated carbocycles. The van der Waals surface area contributed by atoms with Crippen LogP contribution >= 0.6 is 0 Å². The molecule has 76 valence electrons. The Bertz CT molecular complexity index is 515. The lowest BCUT2D eigenvalue weighted by Crippen LogP contribution is -2.02. The van der Waals surface area contributed by atoms with Gasteiger partial charge in [-0.25, -0.2) is 4.98 Å². The van der Waals surface area contributed by atoms with Crippen molar-refractivity contribution in [1.29, 1.82) is 0 Å². The van der Waals surface area contributed by atoms with Gasteiger partial charge in [-0.05, 0) is 0 Å². The normalized spacial score (nSPS) is 9.60. The van der Waals surface area contributed by atoms with Crippen molar-refractivity contribution < 1.29 is 9.57 Å². The summed E-state index contributed by atoms with van der Waals surface area (Å²) in [6.45, 7) is 0. The largest absolute Gasteiger partial charge is 0.479 e. The van der Waals surface area contributed by atoms with Crippen molar-refractivity contribution in [3.63, 3.8) is 0 Å². The smallest absolute Gasteiger partial charge is 0.262 e. The molecule has 0 aliphatic heterocycles. The zero-order chi connectivity index (χ0) is 10.7. The minimum absolute atomic E-state index is 0.185. The molecule has 0 atom stereocenters. The second-order valence-electron chi connectivity index (χ2n) is 2.48. The first kappa shape index (κ1) is 9.08. The van der Waals surface area contributed by atoms with E-state index in [2.05, 4.69) is 30.3 Å². The predicted octanol–water partition coefficient (Wildman–Crippen LogP) is 0.296. The number of methoxy groups -OCH3 is 1. The van der Waals surface area contributed by atoms with E-state index in [1.807, 2.05) is 6.11 Å². The molecule has 0 amide bonds. The lowest BCUT2D eigenvalue weighted by molar-refractivity contribution is 0.354. The van der Waals surface area contributed by atoms with Gasteiger partial charge < -0.3 is 14.6 Å². The van der Waals surface area contributed by atoms with Crippen LogP contribution in [0.3, 0.4) is 0 Å². The van der Waals surface area contributed by atoms with Crippen LogP contribution in [0.25, 0.3) is 11.2 Å². The topological polar surface area (TPSA) is 85.0 Å². The van der Waals surface area contributed by atoms with Crippen LogP contribution in [0, 0.1) is 12.5 Å². The van der Waals surface area contributed by atoms with Gasteiger partial charge in [-0.3, -0.25) is 0 Å². The third kappa shape index (κ3) is 1.60. The van der Waals surface area contributed by atoms with E-state index in [4.69, 9.17) is 11.2 Å². The van der Waals surface area contributed by atoms with Crippen LogP contribution in [0.2, 0.25) is 0 Å². The summed E-state index contributed by atoms with van der Waals surface area (Å²) >= 11 is 0. The molecular weight excluding hydrogens is 198 g/mol. The second-order valence-corrected chi connectivity index (χ2v) is 2.48. The highest BCUT2D eigenvalue weighted by Gasteiger charge is 2.09. The Morgan fingerprint density at radius 2 is 2.40 bits per heavy atom. The second kappa shape index (κ2) is 3.71. The summed E-state index contributed by atoms with van der Waals surface area (Å²) in [5, 5.41) is 0. The summed E-state index contributed by atoms with van der Waals surface area (Å²) in [5.74, 6) is 0.546. The zero-order valence-corrected chi connectivity index (χ0v) is 7.81. The number of fused-ring (bicyclic) bond motifs is 1. The minimum Gasteiger partial charge on any atom is -0.479 e. The van der Waals surface area contributed by atoms with Crippen molar-refractivity contribution in [2.75, 3.05) is 12.6 Å². The van der Waals surface area contributed by atoms with E-state index >= 15 is 0 Å². The van der Waals surface area contributed by atoms with Gasteiger partial charge in [0.1, 0.15) is 11.6 Å². The van der Waals surface area contributed by atoms with E-state index in [-0.39, 0.29) is 5.95 Å². The fourth-order valence-corrected chi connectivity index (χ4v) is 1.08. The molecule has 2 aromatic rings. The first-order valence-corrected chi connectivity index (χ1v) is 3.97. The predicted molar refractivity (Wildman–Crippen MR) is 51.8 cm³/mol. The molecule has 7 heteroatoms. The number of hydrogen-bond acceptors (Lipinski definition) is 6. The standard InChI is InChI=1S/C8H7N5O2/c1-3-15-13-8-11-6-5(9-4-10-6)7(12-8)14-2/h1,4H,2H3,(H2,9,10,11,12,13). The van der Waals surface area contributed by atoms with Crippen LogP contribution < -0.4 is 10.2 Å². The Kier molecular flexibility index (Phi) is 2.25. The fraction of sp³-hybridized carbons (Fsp3) is 0.125. The Hall–Kier alpha value is -2.49. The van der Waals surface area contributed by atoms with E-state index in [1.165, 1.54) is 13.4 Å². The molecule has 0 aliphatic rings. The van der Waals surface area contributed by atoms with Crippen LogP contribution in [-0.4, -0.2) is 27.0 Å². The summed E-state index contributed by atoms with van der Waals surface area (Å²) in [4.78, 5) is 19.3. The number of hydrogen-bond donors (Lipinski definition) is 2. The van der Waals surface area contributed by atoms with Crippen molar-refractivity contribution in [1.82, 2.24) is 19.9 Å². The summed E-state index contributed by atoms with van der Waals surface area (Å²) in [6, 6.07) is 0. The monoisotopic (exact) mass is 205 g/mol. The number of nitrogens with zero attached hydrogens (tertiary/aromatic N) is 3. The Morgan fingerprint density at radius 3 is 3.13 bits per heavy atom. The maximum atomic E-state index is 5.04. The molecule has 7 nitrogen and oxygen atoms in total. The summed E-state index contributed by atoms with van der Waals surface area (Å²) in [6.07, 6.45) is 8.33. The van der Waals surface area contributed by atoms with Crippen LogP contribution in [-0.2, 0) is 4.84 Å². The van der Waals surface area contributed by atoms with Gasteiger partial charge in [0, 0.05) is 0 Å². The molecule has 0 aliphatic carbocycles. The Balaban J connectivity index is 2.45. The van der Waals surface area contributed by atoms with E-state index < -0.39 is 0 Å².